The zero-order valence-corrected chi connectivity index (χ0v) is 9.15. The Hall–Kier alpha value is -0.410. The van der Waals surface area contributed by atoms with E-state index in [9.17, 15) is 4.79 Å². The van der Waals surface area contributed by atoms with Gasteiger partial charge < -0.3 is 9.69 Å². The Bertz CT molecular complexity index is 205. The molecule has 0 saturated carbocycles. The van der Waals surface area contributed by atoms with Crippen molar-refractivity contribution >= 4 is 6.29 Å². The molecule has 0 amide bonds. The highest BCUT2D eigenvalue weighted by Gasteiger charge is 2.39. The molecular weight excluding hydrogens is 176 g/mol. The summed E-state index contributed by atoms with van der Waals surface area (Å²) in [6.07, 6.45) is 6.22. The first-order chi connectivity index (χ1) is 6.72. The molecule has 2 aliphatic heterocycles. The normalized spacial score (nSPS) is 37.8. The smallest absolute Gasteiger partial charge is 0.133 e. The van der Waals surface area contributed by atoms with Gasteiger partial charge in [-0.2, -0.15) is 0 Å². The molecule has 0 aliphatic carbocycles. The van der Waals surface area contributed by atoms with E-state index in [1.165, 1.54) is 25.7 Å². The zero-order chi connectivity index (χ0) is 10.1. The monoisotopic (exact) mass is 196 g/mol. The minimum absolute atomic E-state index is 0.591. The number of fused-ring (bicyclic) bond motifs is 2. The number of hydrogen-bond acceptors (Lipinski definition) is 3. The van der Waals surface area contributed by atoms with Crippen LogP contribution in [0.25, 0.3) is 0 Å². The van der Waals surface area contributed by atoms with Gasteiger partial charge in [-0.05, 0) is 39.8 Å². The number of piperidine rings is 1. The van der Waals surface area contributed by atoms with E-state index in [-0.39, 0.29) is 0 Å². The lowest BCUT2D eigenvalue weighted by molar-refractivity contribution is -0.109. The first-order valence-electron chi connectivity index (χ1n) is 5.58. The van der Waals surface area contributed by atoms with E-state index in [2.05, 4.69) is 23.9 Å². The van der Waals surface area contributed by atoms with Gasteiger partial charge in [0, 0.05) is 18.1 Å². The zero-order valence-electron chi connectivity index (χ0n) is 9.15. The standard InChI is InChI=1S/C11H20N2O/c1-12(5-6-14)11-7-9-3-4-10(8-11)13(9)2/h6,9-11H,3-5,7-8H2,1-2H3. The van der Waals surface area contributed by atoms with E-state index in [1.807, 2.05) is 0 Å². The quantitative estimate of drug-likeness (QED) is 0.622. The van der Waals surface area contributed by atoms with Gasteiger partial charge in [-0.3, -0.25) is 4.90 Å². The van der Waals surface area contributed by atoms with Crippen LogP contribution in [-0.4, -0.2) is 54.9 Å². The SMILES string of the molecule is CN(CC=O)C1CC2CCC(C1)N2C. The average molecular weight is 196 g/mol. The maximum Gasteiger partial charge on any atom is 0.133 e. The van der Waals surface area contributed by atoms with Crippen LogP contribution in [0.3, 0.4) is 0 Å². The summed E-state index contributed by atoms with van der Waals surface area (Å²) in [6, 6.07) is 2.18. The maximum absolute atomic E-state index is 10.4. The van der Waals surface area contributed by atoms with Crippen LogP contribution in [0.2, 0.25) is 0 Å². The molecule has 2 aliphatic rings. The molecule has 2 saturated heterocycles. The van der Waals surface area contributed by atoms with Gasteiger partial charge in [0.1, 0.15) is 6.29 Å². The lowest BCUT2D eigenvalue weighted by Gasteiger charge is -2.39. The predicted molar refractivity (Wildman–Crippen MR) is 56.3 cm³/mol. The molecule has 2 heterocycles. The van der Waals surface area contributed by atoms with Crippen molar-refractivity contribution in [3.63, 3.8) is 0 Å². The Morgan fingerprint density at radius 3 is 2.43 bits per heavy atom. The highest BCUT2D eigenvalue weighted by Crippen LogP contribution is 2.35. The average Bonchev–Trinajstić information content (AvgIpc) is 2.42. The summed E-state index contributed by atoms with van der Waals surface area (Å²) in [5.41, 5.74) is 0. The van der Waals surface area contributed by atoms with Crippen LogP contribution in [-0.2, 0) is 4.79 Å². The van der Waals surface area contributed by atoms with Crippen molar-refractivity contribution < 1.29 is 4.79 Å². The molecule has 14 heavy (non-hydrogen) atoms. The second kappa shape index (κ2) is 3.99. The summed E-state index contributed by atoms with van der Waals surface area (Å²) in [6.45, 7) is 0.591. The van der Waals surface area contributed by atoms with Crippen molar-refractivity contribution in [1.29, 1.82) is 0 Å². The van der Waals surface area contributed by atoms with Gasteiger partial charge >= 0.3 is 0 Å². The Kier molecular flexibility index (Phi) is 2.88. The van der Waals surface area contributed by atoms with Crippen LogP contribution < -0.4 is 0 Å². The first kappa shape index (κ1) is 10.1. The van der Waals surface area contributed by atoms with Crippen molar-refractivity contribution in [3.05, 3.63) is 0 Å². The van der Waals surface area contributed by atoms with Gasteiger partial charge in [-0.25, -0.2) is 0 Å². The van der Waals surface area contributed by atoms with Gasteiger partial charge in [0.25, 0.3) is 0 Å². The molecular formula is C11H20N2O. The predicted octanol–water partition coefficient (Wildman–Crippen LogP) is 0.742. The second-order valence-electron chi connectivity index (χ2n) is 4.78. The highest BCUT2D eigenvalue weighted by molar-refractivity contribution is 5.51. The van der Waals surface area contributed by atoms with Crippen LogP contribution in [0.4, 0.5) is 0 Å². The van der Waals surface area contributed by atoms with Crippen LogP contribution in [0.15, 0.2) is 0 Å². The highest BCUT2D eigenvalue weighted by atomic mass is 16.1. The molecule has 2 rings (SSSR count). The first-order valence-corrected chi connectivity index (χ1v) is 5.58. The summed E-state index contributed by atoms with van der Waals surface area (Å²) in [4.78, 5) is 15.2. The molecule has 2 fully saturated rings. The van der Waals surface area contributed by atoms with E-state index in [1.54, 1.807) is 0 Å². The molecule has 2 bridgehead atoms. The van der Waals surface area contributed by atoms with Gasteiger partial charge in [-0.15, -0.1) is 0 Å². The van der Waals surface area contributed by atoms with Crippen molar-refractivity contribution in [3.8, 4) is 0 Å². The molecule has 0 radical (unpaired) electrons. The van der Waals surface area contributed by atoms with Gasteiger partial charge in [0.15, 0.2) is 0 Å². The molecule has 2 atom stereocenters. The molecule has 0 N–H and O–H groups in total. The Labute approximate surface area is 86.1 Å². The number of hydrogen-bond donors (Lipinski definition) is 0. The van der Waals surface area contributed by atoms with Crippen molar-refractivity contribution in [2.45, 2.75) is 43.8 Å². The Morgan fingerprint density at radius 2 is 1.93 bits per heavy atom. The van der Waals surface area contributed by atoms with Crippen LogP contribution in [0.1, 0.15) is 25.7 Å². The van der Waals surface area contributed by atoms with E-state index in [0.717, 1.165) is 18.4 Å². The second-order valence-corrected chi connectivity index (χ2v) is 4.78. The summed E-state index contributed by atoms with van der Waals surface area (Å²) >= 11 is 0. The fourth-order valence-electron chi connectivity index (χ4n) is 3.01. The fraction of sp³-hybridized carbons (Fsp3) is 0.909. The summed E-state index contributed by atoms with van der Waals surface area (Å²) in [7, 11) is 4.32. The van der Waals surface area contributed by atoms with Crippen LogP contribution >= 0.6 is 0 Å². The maximum atomic E-state index is 10.4. The molecule has 3 nitrogen and oxygen atoms in total. The van der Waals surface area contributed by atoms with Crippen molar-refractivity contribution in [1.82, 2.24) is 9.80 Å². The fourth-order valence-corrected chi connectivity index (χ4v) is 3.01. The third-order valence-electron chi connectivity index (χ3n) is 4.06. The van der Waals surface area contributed by atoms with Crippen molar-refractivity contribution in [2.75, 3.05) is 20.6 Å². The largest absolute Gasteiger partial charge is 0.302 e. The van der Waals surface area contributed by atoms with E-state index in [0.29, 0.717) is 12.6 Å². The third kappa shape index (κ3) is 1.71. The Balaban J connectivity index is 1.95. The van der Waals surface area contributed by atoms with E-state index >= 15 is 0 Å². The number of likely N-dealkylation sites (N-methyl/N-ethyl adjacent to an activating group) is 1. The molecule has 0 aromatic rings. The summed E-state index contributed by atoms with van der Waals surface area (Å²) in [5.74, 6) is 0. The number of nitrogens with zero attached hydrogens (tertiary/aromatic N) is 2. The summed E-state index contributed by atoms with van der Waals surface area (Å²) < 4.78 is 0. The lowest BCUT2D eigenvalue weighted by atomic mass is 9.97. The molecule has 0 aromatic heterocycles. The number of rotatable bonds is 3. The minimum atomic E-state index is 0.591. The molecule has 2 unspecified atom stereocenters. The molecule has 0 aromatic carbocycles. The van der Waals surface area contributed by atoms with Crippen molar-refractivity contribution in [2.24, 2.45) is 0 Å². The number of carbonyl (C=O) groups excluding carboxylic acids is 1. The Morgan fingerprint density at radius 1 is 1.36 bits per heavy atom. The third-order valence-corrected chi connectivity index (χ3v) is 4.06. The van der Waals surface area contributed by atoms with Gasteiger partial charge in [0.05, 0.1) is 6.54 Å². The summed E-state index contributed by atoms with van der Waals surface area (Å²) in [5, 5.41) is 0. The number of aldehydes is 1. The number of carbonyl (C=O) groups is 1. The van der Waals surface area contributed by atoms with Crippen LogP contribution in [0, 0.1) is 0 Å². The van der Waals surface area contributed by atoms with E-state index < -0.39 is 0 Å². The topological polar surface area (TPSA) is 23.6 Å². The van der Waals surface area contributed by atoms with Gasteiger partial charge in [0.2, 0.25) is 0 Å². The van der Waals surface area contributed by atoms with E-state index in [4.69, 9.17) is 0 Å². The van der Waals surface area contributed by atoms with Gasteiger partial charge in [-0.1, -0.05) is 0 Å². The lowest BCUT2D eigenvalue weighted by Crippen LogP contribution is -2.48. The molecule has 0 spiro atoms. The molecule has 80 valence electrons. The molecule has 3 heteroatoms. The van der Waals surface area contributed by atoms with Crippen LogP contribution in [0.5, 0.6) is 0 Å². The minimum Gasteiger partial charge on any atom is -0.302 e.